The van der Waals surface area contributed by atoms with Gasteiger partial charge in [0.2, 0.25) is 0 Å². The third-order valence-corrected chi connectivity index (χ3v) is 6.44. The van der Waals surface area contributed by atoms with Gasteiger partial charge < -0.3 is 10.6 Å². The van der Waals surface area contributed by atoms with Crippen molar-refractivity contribution in [3.8, 4) is 6.07 Å². The Morgan fingerprint density at radius 2 is 1.93 bits per heavy atom. The molecule has 1 aliphatic rings. The van der Waals surface area contributed by atoms with E-state index < -0.39 is 0 Å². The Morgan fingerprint density at radius 3 is 2.62 bits per heavy atom. The second kappa shape index (κ2) is 8.40. The van der Waals surface area contributed by atoms with Gasteiger partial charge in [0, 0.05) is 31.9 Å². The lowest BCUT2D eigenvalue weighted by atomic mass is 9.98. The van der Waals surface area contributed by atoms with Gasteiger partial charge in [-0.25, -0.2) is 4.98 Å². The molecule has 2 heterocycles. The molecule has 2 N–H and O–H groups in total. The number of hydrogen-bond acceptors (Lipinski definition) is 6. The second-order valence-electron chi connectivity index (χ2n) is 8.12. The first-order chi connectivity index (χ1) is 14.0. The number of piperazine rings is 1. The monoisotopic (exact) mass is 405 g/mol. The summed E-state index contributed by atoms with van der Waals surface area (Å²) in [5.74, 6) is 0.531. The van der Waals surface area contributed by atoms with Gasteiger partial charge in [-0.2, -0.15) is 5.26 Å². The number of hydrogen-bond donors (Lipinski definition) is 1. The van der Waals surface area contributed by atoms with Gasteiger partial charge in [0.25, 0.3) is 0 Å². The van der Waals surface area contributed by atoms with Crippen molar-refractivity contribution in [3.05, 3.63) is 52.5 Å². The van der Waals surface area contributed by atoms with E-state index in [1.807, 2.05) is 12.1 Å². The van der Waals surface area contributed by atoms with E-state index in [1.54, 1.807) is 11.3 Å². The van der Waals surface area contributed by atoms with E-state index in [-0.39, 0.29) is 0 Å². The Balaban J connectivity index is 1.45. The molecule has 1 fully saturated rings. The van der Waals surface area contributed by atoms with Gasteiger partial charge in [-0.1, -0.05) is 26.0 Å². The van der Waals surface area contributed by atoms with E-state index in [9.17, 15) is 5.26 Å². The van der Waals surface area contributed by atoms with Crippen LogP contribution in [-0.4, -0.2) is 36.1 Å². The van der Waals surface area contributed by atoms with Crippen LogP contribution in [0.2, 0.25) is 0 Å². The van der Waals surface area contributed by atoms with Gasteiger partial charge >= 0.3 is 0 Å². The van der Waals surface area contributed by atoms with Gasteiger partial charge in [-0.05, 0) is 42.2 Å². The average Bonchev–Trinajstić information content (AvgIpc) is 3.12. The quantitative estimate of drug-likeness (QED) is 0.642. The number of nitriles is 1. The van der Waals surface area contributed by atoms with E-state index in [1.165, 1.54) is 9.71 Å². The topological polar surface area (TPSA) is 69.2 Å². The molecule has 1 aliphatic heterocycles. The van der Waals surface area contributed by atoms with Crippen LogP contribution in [-0.2, 0) is 13.0 Å². The molecule has 0 spiro atoms. The molecule has 1 saturated heterocycles. The Kier molecular flexibility index (Phi) is 5.70. The molecule has 0 amide bonds. The van der Waals surface area contributed by atoms with E-state index in [4.69, 9.17) is 10.7 Å². The molecule has 1 aromatic heterocycles. The fourth-order valence-electron chi connectivity index (χ4n) is 3.94. The molecule has 0 atom stereocenters. The lowest BCUT2D eigenvalue weighted by Crippen LogP contribution is -2.46. The summed E-state index contributed by atoms with van der Waals surface area (Å²) >= 11 is 1.78. The standard InChI is InChI=1S/C23H27N5S/c1-16(2)11-17-13-21(18(14-24)12-19(17)25)28-9-7-27(8-10-28)15-23-26-20-5-3-4-6-22(20)29-23/h3-6,12-13,16H,7-11,15,25H2,1-2H3. The average molecular weight is 406 g/mol. The first kappa shape index (κ1) is 19.7. The molecular weight excluding hydrogens is 378 g/mol. The van der Waals surface area contributed by atoms with Gasteiger partial charge in [0.05, 0.1) is 28.0 Å². The minimum absolute atomic E-state index is 0.531. The molecule has 0 radical (unpaired) electrons. The van der Waals surface area contributed by atoms with E-state index in [0.29, 0.717) is 11.5 Å². The molecule has 3 aromatic rings. The minimum atomic E-state index is 0.531. The first-order valence-corrected chi connectivity index (χ1v) is 11.0. The number of thiazole rings is 1. The lowest BCUT2D eigenvalue weighted by Gasteiger charge is -2.36. The zero-order valence-electron chi connectivity index (χ0n) is 17.1. The van der Waals surface area contributed by atoms with Gasteiger partial charge in [0.15, 0.2) is 0 Å². The number of rotatable bonds is 5. The van der Waals surface area contributed by atoms with Crippen LogP contribution < -0.4 is 10.6 Å². The number of aromatic nitrogens is 1. The SMILES string of the molecule is CC(C)Cc1cc(N2CCN(Cc3nc4ccccc4s3)CC2)c(C#N)cc1N. The summed E-state index contributed by atoms with van der Waals surface area (Å²) < 4.78 is 1.25. The number of nitrogens with zero attached hydrogens (tertiary/aromatic N) is 4. The summed E-state index contributed by atoms with van der Waals surface area (Å²) in [5.41, 5.74) is 10.9. The molecular formula is C23H27N5S. The molecule has 4 rings (SSSR count). The zero-order valence-corrected chi connectivity index (χ0v) is 17.9. The van der Waals surface area contributed by atoms with Crippen molar-refractivity contribution in [2.24, 2.45) is 5.92 Å². The third-order valence-electron chi connectivity index (χ3n) is 5.42. The van der Waals surface area contributed by atoms with Crippen LogP contribution in [0.4, 0.5) is 11.4 Å². The molecule has 0 unspecified atom stereocenters. The van der Waals surface area contributed by atoms with Crippen molar-refractivity contribution < 1.29 is 0 Å². The van der Waals surface area contributed by atoms with Crippen LogP contribution in [0.25, 0.3) is 10.2 Å². The summed E-state index contributed by atoms with van der Waals surface area (Å²) in [4.78, 5) is 9.55. The van der Waals surface area contributed by atoms with Crippen molar-refractivity contribution in [3.63, 3.8) is 0 Å². The smallest absolute Gasteiger partial charge is 0.108 e. The molecule has 0 aliphatic carbocycles. The number of anilines is 2. The van der Waals surface area contributed by atoms with Gasteiger partial charge in [-0.15, -0.1) is 11.3 Å². The van der Waals surface area contributed by atoms with E-state index >= 15 is 0 Å². The van der Waals surface area contributed by atoms with E-state index in [0.717, 1.165) is 61.6 Å². The Labute approximate surface area is 176 Å². The molecule has 150 valence electrons. The maximum Gasteiger partial charge on any atom is 0.108 e. The zero-order chi connectivity index (χ0) is 20.4. The highest BCUT2D eigenvalue weighted by Crippen LogP contribution is 2.29. The predicted molar refractivity (Wildman–Crippen MR) is 121 cm³/mol. The molecule has 0 bridgehead atoms. The lowest BCUT2D eigenvalue weighted by molar-refractivity contribution is 0.249. The maximum atomic E-state index is 9.61. The highest BCUT2D eigenvalue weighted by atomic mass is 32.1. The molecule has 6 heteroatoms. The number of nitrogen functional groups attached to an aromatic ring is 1. The van der Waals surface area contributed by atoms with Crippen molar-refractivity contribution >= 4 is 32.9 Å². The number of benzene rings is 2. The Bertz CT molecular complexity index is 1010. The summed E-state index contributed by atoms with van der Waals surface area (Å²) in [6.07, 6.45) is 0.933. The fraction of sp³-hybridized carbons (Fsp3) is 0.391. The third kappa shape index (κ3) is 4.36. The first-order valence-electron chi connectivity index (χ1n) is 10.2. The Hall–Kier alpha value is -2.62. The fourth-order valence-corrected chi connectivity index (χ4v) is 4.95. The van der Waals surface area contributed by atoms with Crippen LogP contribution in [0.1, 0.15) is 30.0 Å². The van der Waals surface area contributed by atoms with Gasteiger partial charge in [-0.3, -0.25) is 4.90 Å². The van der Waals surface area contributed by atoms with Crippen LogP contribution in [0, 0.1) is 17.2 Å². The summed E-state index contributed by atoms with van der Waals surface area (Å²) in [6.45, 7) is 9.01. The largest absolute Gasteiger partial charge is 0.398 e. The second-order valence-corrected chi connectivity index (χ2v) is 9.23. The minimum Gasteiger partial charge on any atom is -0.398 e. The highest BCUT2D eigenvalue weighted by Gasteiger charge is 2.21. The molecule has 0 saturated carbocycles. The van der Waals surface area contributed by atoms with Crippen molar-refractivity contribution in [2.75, 3.05) is 36.8 Å². The maximum absolute atomic E-state index is 9.61. The molecule has 5 nitrogen and oxygen atoms in total. The highest BCUT2D eigenvalue weighted by molar-refractivity contribution is 7.18. The normalized spacial score (nSPS) is 15.2. The predicted octanol–water partition coefficient (Wildman–Crippen LogP) is 4.27. The van der Waals surface area contributed by atoms with Crippen LogP contribution >= 0.6 is 11.3 Å². The molecule has 29 heavy (non-hydrogen) atoms. The van der Waals surface area contributed by atoms with E-state index in [2.05, 4.69) is 54.0 Å². The molecule has 2 aromatic carbocycles. The summed E-state index contributed by atoms with van der Waals surface area (Å²) in [7, 11) is 0. The van der Waals surface area contributed by atoms with Crippen LogP contribution in [0.15, 0.2) is 36.4 Å². The van der Waals surface area contributed by atoms with Crippen molar-refractivity contribution in [1.29, 1.82) is 5.26 Å². The van der Waals surface area contributed by atoms with Crippen molar-refractivity contribution in [1.82, 2.24) is 9.88 Å². The number of fused-ring (bicyclic) bond motifs is 1. The summed E-state index contributed by atoms with van der Waals surface area (Å²) in [6, 6.07) is 14.6. The number of nitrogens with two attached hydrogens (primary N) is 1. The van der Waals surface area contributed by atoms with Crippen LogP contribution in [0.5, 0.6) is 0 Å². The Morgan fingerprint density at radius 1 is 1.17 bits per heavy atom. The number of para-hydroxylation sites is 1. The van der Waals surface area contributed by atoms with Gasteiger partial charge in [0.1, 0.15) is 11.1 Å². The van der Waals surface area contributed by atoms with Crippen molar-refractivity contribution in [2.45, 2.75) is 26.8 Å². The van der Waals surface area contributed by atoms with Crippen LogP contribution in [0.3, 0.4) is 0 Å². The summed E-state index contributed by atoms with van der Waals surface area (Å²) in [5, 5.41) is 10.8.